The van der Waals surface area contributed by atoms with Crippen molar-refractivity contribution < 1.29 is 4.74 Å². The highest BCUT2D eigenvalue weighted by atomic mass is 32.2. The molecule has 1 fully saturated rings. The summed E-state index contributed by atoms with van der Waals surface area (Å²) < 4.78 is 5.65. The molecule has 0 bridgehead atoms. The van der Waals surface area contributed by atoms with Gasteiger partial charge in [0, 0.05) is 23.3 Å². The van der Waals surface area contributed by atoms with Gasteiger partial charge in [-0.15, -0.1) is 11.8 Å². The summed E-state index contributed by atoms with van der Waals surface area (Å²) in [6.45, 7) is 9.38. The molecule has 1 aliphatic rings. The second kappa shape index (κ2) is 6.60. The monoisotopic (exact) mass is 265 g/mol. The zero-order valence-electron chi connectivity index (χ0n) is 11.5. The molecule has 1 N–H and O–H groups in total. The maximum absolute atomic E-state index is 5.65. The molecule has 1 aromatic rings. The number of hydrogen-bond donors (Lipinski definition) is 1. The second-order valence-corrected chi connectivity index (χ2v) is 6.19. The molecule has 1 aromatic carbocycles. The topological polar surface area (TPSA) is 21.3 Å². The van der Waals surface area contributed by atoms with Gasteiger partial charge in [-0.05, 0) is 38.4 Å². The lowest BCUT2D eigenvalue weighted by atomic mass is 10.1. The smallest absolute Gasteiger partial charge is 0.0669 e. The second-order valence-electron chi connectivity index (χ2n) is 4.91. The first-order chi connectivity index (χ1) is 8.70. The Kier molecular flexibility index (Phi) is 5.10. The van der Waals surface area contributed by atoms with Crippen LogP contribution in [0.15, 0.2) is 23.1 Å². The van der Waals surface area contributed by atoms with Gasteiger partial charge in [-0.3, -0.25) is 0 Å². The van der Waals surface area contributed by atoms with E-state index in [1.807, 2.05) is 11.8 Å². The van der Waals surface area contributed by atoms with Gasteiger partial charge in [0.1, 0.15) is 0 Å². The molecule has 2 unspecified atom stereocenters. The predicted octanol–water partition coefficient (Wildman–Crippen LogP) is 3.37. The quantitative estimate of drug-likeness (QED) is 0.882. The molecule has 18 heavy (non-hydrogen) atoms. The SMILES string of the molecule is CCNCc1cc(C)ccc1SC1CCOC1C. The molecule has 2 nitrogen and oxygen atoms in total. The molecular formula is C15H23NOS. The zero-order chi connectivity index (χ0) is 13.0. The van der Waals surface area contributed by atoms with Crippen LogP contribution in [-0.2, 0) is 11.3 Å². The molecule has 0 radical (unpaired) electrons. The van der Waals surface area contributed by atoms with Gasteiger partial charge in [-0.2, -0.15) is 0 Å². The van der Waals surface area contributed by atoms with Gasteiger partial charge in [-0.1, -0.05) is 24.6 Å². The van der Waals surface area contributed by atoms with Gasteiger partial charge in [0.15, 0.2) is 0 Å². The Morgan fingerprint density at radius 2 is 2.28 bits per heavy atom. The van der Waals surface area contributed by atoms with Crippen LogP contribution in [0.5, 0.6) is 0 Å². The Hall–Kier alpha value is -0.510. The van der Waals surface area contributed by atoms with Crippen LogP contribution in [0.25, 0.3) is 0 Å². The standard InChI is InChI=1S/C15H23NOS/c1-4-16-10-13-9-11(2)5-6-15(13)18-14-7-8-17-12(14)3/h5-6,9,12,14,16H,4,7-8,10H2,1-3H3. The first-order valence-corrected chi connectivity index (χ1v) is 7.67. The maximum atomic E-state index is 5.65. The molecule has 0 saturated carbocycles. The average Bonchev–Trinajstić information content (AvgIpc) is 2.75. The van der Waals surface area contributed by atoms with Gasteiger partial charge >= 0.3 is 0 Å². The molecular weight excluding hydrogens is 242 g/mol. The van der Waals surface area contributed by atoms with Crippen LogP contribution < -0.4 is 5.32 Å². The van der Waals surface area contributed by atoms with E-state index in [1.165, 1.54) is 22.4 Å². The van der Waals surface area contributed by atoms with Crippen LogP contribution >= 0.6 is 11.8 Å². The van der Waals surface area contributed by atoms with Crippen LogP contribution in [0.4, 0.5) is 0 Å². The Morgan fingerprint density at radius 1 is 1.44 bits per heavy atom. The largest absolute Gasteiger partial charge is 0.377 e. The van der Waals surface area contributed by atoms with Crippen molar-refractivity contribution in [3.63, 3.8) is 0 Å². The Labute approximate surface area is 114 Å². The van der Waals surface area contributed by atoms with Crippen molar-refractivity contribution in [1.29, 1.82) is 0 Å². The number of aryl methyl sites for hydroxylation is 1. The third-order valence-corrected chi connectivity index (χ3v) is 4.94. The molecule has 0 spiro atoms. The summed E-state index contributed by atoms with van der Waals surface area (Å²) in [5.41, 5.74) is 2.75. The summed E-state index contributed by atoms with van der Waals surface area (Å²) in [4.78, 5) is 1.41. The van der Waals surface area contributed by atoms with Crippen LogP contribution in [0.3, 0.4) is 0 Å². The third kappa shape index (κ3) is 3.50. The number of ether oxygens (including phenoxy) is 1. The summed E-state index contributed by atoms with van der Waals surface area (Å²) in [6.07, 6.45) is 1.55. The number of benzene rings is 1. The van der Waals surface area contributed by atoms with Crippen molar-refractivity contribution in [3.8, 4) is 0 Å². The number of nitrogens with one attached hydrogen (secondary N) is 1. The van der Waals surface area contributed by atoms with E-state index in [0.717, 1.165) is 19.7 Å². The van der Waals surface area contributed by atoms with Gasteiger partial charge in [-0.25, -0.2) is 0 Å². The Morgan fingerprint density at radius 3 is 2.94 bits per heavy atom. The number of hydrogen-bond acceptors (Lipinski definition) is 3. The highest BCUT2D eigenvalue weighted by Crippen LogP contribution is 2.34. The fourth-order valence-corrected chi connectivity index (χ4v) is 3.49. The summed E-state index contributed by atoms with van der Waals surface area (Å²) >= 11 is 1.98. The summed E-state index contributed by atoms with van der Waals surface area (Å²) in [6, 6.07) is 6.77. The lowest BCUT2D eigenvalue weighted by Crippen LogP contribution is -2.15. The molecule has 0 aliphatic carbocycles. The highest BCUT2D eigenvalue weighted by Gasteiger charge is 2.25. The van der Waals surface area contributed by atoms with E-state index in [2.05, 4.69) is 44.3 Å². The Bertz CT molecular complexity index is 394. The lowest BCUT2D eigenvalue weighted by molar-refractivity contribution is 0.127. The fraction of sp³-hybridized carbons (Fsp3) is 0.600. The van der Waals surface area contributed by atoms with Gasteiger partial charge in [0.25, 0.3) is 0 Å². The molecule has 100 valence electrons. The molecule has 0 aromatic heterocycles. The molecule has 1 heterocycles. The number of thioether (sulfide) groups is 1. The highest BCUT2D eigenvalue weighted by molar-refractivity contribution is 8.00. The van der Waals surface area contributed by atoms with Crippen molar-refractivity contribution in [2.24, 2.45) is 0 Å². The van der Waals surface area contributed by atoms with Crippen molar-refractivity contribution >= 4 is 11.8 Å². The molecule has 2 rings (SSSR count). The zero-order valence-corrected chi connectivity index (χ0v) is 12.3. The maximum Gasteiger partial charge on any atom is 0.0669 e. The predicted molar refractivity (Wildman–Crippen MR) is 78.2 cm³/mol. The van der Waals surface area contributed by atoms with E-state index in [1.54, 1.807) is 0 Å². The van der Waals surface area contributed by atoms with Crippen molar-refractivity contribution in [2.45, 2.75) is 50.0 Å². The van der Waals surface area contributed by atoms with E-state index in [9.17, 15) is 0 Å². The first-order valence-electron chi connectivity index (χ1n) is 6.79. The minimum absolute atomic E-state index is 0.378. The third-order valence-electron chi connectivity index (χ3n) is 3.37. The average molecular weight is 265 g/mol. The van der Waals surface area contributed by atoms with E-state index in [-0.39, 0.29) is 0 Å². The molecule has 1 aliphatic heterocycles. The minimum atomic E-state index is 0.378. The van der Waals surface area contributed by atoms with Crippen LogP contribution in [0, 0.1) is 6.92 Å². The minimum Gasteiger partial charge on any atom is -0.377 e. The first kappa shape index (κ1) is 13.9. The van der Waals surface area contributed by atoms with Crippen molar-refractivity contribution in [1.82, 2.24) is 5.32 Å². The van der Waals surface area contributed by atoms with E-state index in [4.69, 9.17) is 4.74 Å². The summed E-state index contributed by atoms with van der Waals surface area (Å²) in [5.74, 6) is 0. The number of rotatable bonds is 5. The van der Waals surface area contributed by atoms with Gasteiger partial charge in [0.05, 0.1) is 6.10 Å². The van der Waals surface area contributed by atoms with Gasteiger partial charge in [0.2, 0.25) is 0 Å². The van der Waals surface area contributed by atoms with Crippen molar-refractivity contribution in [3.05, 3.63) is 29.3 Å². The van der Waals surface area contributed by atoms with Crippen LogP contribution in [0.2, 0.25) is 0 Å². The molecule has 3 heteroatoms. The molecule has 0 amide bonds. The van der Waals surface area contributed by atoms with Crippen LogP contribution in [0.1, 0.15) is 31.4 Å². The summed E-state index contributed by atoms with van der Waals surface area (Å²) in [5, 5.41) is 4.03. The van der Waals surface area contributed by atoms with Crippen LogP contribution in [-0.4, -0.2) is 24.5 Å². The molecule has 2 atom stereocenters. The summed E-state index contributed by atoms with van der Waals surface area (Å²) in [7, 11) is 0. The van der Waals surface area contributed by atoms with E-state index in [0.29, 0.717) is 11.4 Å². The Balaban J connectivity index is 2.10. The van der Waals surface area contributed by atoms with Gasteiger partial charge < -0.3 is 10.1 Å². The fourth-order valence-electron chi connectivity index (χ4n) is 2.25. The van der Waals surface area contributed by atoms with Crippen molar-refractivity contribution in [2.75, 3.05) is 13.2 Å². The van der Waals surface area contributed by atoms with E-state index >= 15 is 0 Å². The molecule has 1 saturated heterocycles. The van der Waals surface area contributed by atoms with E-state index < -0.39 is 0 Å². The normalized spacial score (nSPS) is 23.5. The lowest BCUT2D eigenvalue weighted by Gasteiger charge is -2.17.